The summed E-state index contributed by atoms with van der Waals surface area (Å²) in [4.78, 5) is 11.7. The van der Waals surface area contributed by atoms with Gasteiger partial charge in [-0.2, -0.15) is 0 Å². The van der Waals surface area contributed by atoms with Gasteiger partial charge in [0.1, 0.15) is 16.7 Å². The second kappa shape index (κ2) is 5.55. The van der Waals surface area contributed by atoms with E-state index >= 15 is 0 Å². The van der Waals surface area contributed by atoms with Crippen LogP contribution in [0, 0.1) is 11.6 Å². The maximum Gasteiger partial charge on any atom is 0.346 e. The van der Waals surface area contributed by atoms with E-state index in [0.717, 1.165) is 12.1 Å². The third-order valence-electron chi connectivity index (χ3n) is 2.27. The average Bonchev–Trinajstić information content (AvgIpc) is 2.34. The van der Waals surface area contributed by atoms with Gasteiger partial charge in [-0.25, -0.2) is 13.6 Å². The van der Waals surface area contributed by atoms with Crippen LogP contribution in [0.2, 0.25) is 10.0 Å². The summed E-state index contributed by atoms with van der Waals surface area (Å²) in [5.41, 5.74) is -0.391. The largest absolute Gasteiger partial charge is 0.421 e. The van der Waals surface area contributed by atoms with Gasteiger partial charge in [0.25, 0.3) is 0 Å². The molecule has 0 N–H and O–H groups in total. The predicted octanol–water partition coefficient (Wildman–Crippen LogP) is 4.49. The van der Waals surface area contributed by atoms with Crippen molar-refractivity contribution in [3.05, 3.63) is 63.6 Å². The molecule has 0 aliphatic carbocycles. The van der Waals surface area contributed by atoms with E-state index in [1.807, 2.05) is 0 Å². The fraction of sp³-hybridized carbons (Fsp3) is 0. The lowest BCUT2D eigenvalue weighted by Gasteiger charge is -2.07. The zero-order chi connectivity index (χ0) is 14.0. The van der Waals surface area contributed by atoms with E-state index in [1.54, 1.807) is 0 Å². The third-order valence-corrected chi connectivity index (χ3v) is 3.07. The SMILES string of the molecule is O=C(Oc1cccc(Cl)c1Cl)c1ccc(F)cc1F. The van der Waals surface area contributed by atoms with E-state index < -0.39 is 23.2 Å². The molecule has 2 aromatic carbocycles. The lowest BCUT2D eigenvalue weighted by Crippen LogP contribution is -2.11. The van der Waals surface area contributed by atoms with Crippen molar-refractivity contribution in [3.8, 4) is 5.75 Å². The first-order valence-corrected chi connectivity index (χ1v) is 5.86. The molecule has 0 saturated heterocycles. The fourth-order valence-electron chi connectivity index (χ4n) is 1.37. The molecule has 98 valence electrons. The minimum atomic E-state index is -1.01. The van der Waals surface area contributed by atoms with Crippen molar-refractivity contribution in [2.24, 2.45) is 0 Å². The number of hydrogen-bond donors (Lipinski definition) is 0. The second-order valence-corrected chi connectivity index (χ2v) is 4.35. The molecule has 0 saturated carbocycles. The topological polar surface area (TPSA) is 26.3 Å². The summed E-state index contributed by atoms with van der Waals surface area (Å²) >= 11 is 11.6. The number of carbonyl (C=O) groups is 1. The standard InChI is InChI=1S/C13H6Cl2F2O2/c14-9-2-1-3-11(12(9)15)19-13(18)8-5-4-7(16)6-10(8)17/h1-6H. The normalized spacial score (nSPS) is 10.3. The van der Waals surface area contributed by atoms with Crippen molar-refractivity contribution < 1.29 is 18.3 Å². The molecule has 0 aliphatic rings. The molecule has 0 atom stereocenters. The van der Waals surface area contributed by atoms with Crippen LogP contribution in [-0.4, -0.2) is 5.97 Å². The Morgan fingerprint density at radius 3 is 2.53 bits per heavy atom. The Hall–Kier alpha value is -1.65. The molecule has 0 aromatic heterocycles. The number of rotatable bonds is 2. The molecule has 2 nitrogen and oxygen atoms in total. The van der Waals surface area contributed by atoms with Crippen molar-refractivity contribution in [3.63, 3.8) is 0 Å². The molecule has 0 unspecified atom stereocenters. The number of esters is 1. The molecule has 6 heteroatoms. The zero-order valence-electron chi connectivity index (χ0n) is 9.29. The molecule has 2 aromatic rings. The highest BCUT2D eigenvalue weighted by atomic mass is 35.5. The van der Waals surface area contributed by atoms with Crippen LogP contribution < -0.4 is 4.74 Å². The zero-order valence-corrected chi connectivity index (χ0v) is 10.8. The van der Waals surface area contributed by atoms with Crippen LogP contribution >= 0.6 is 23.2 Å². The van der Waals surface area contributed by atoms with Crippen LogP contribution in [0.5, 0.6) is 5.75 Å². The molecule has 0 heterocycles. The molecule has 0 aliphatic heterocycles. The van der Waals surface area contributed by atoms with Crippen molar-refractivity contribution >= 4 is 29.2 Å². The van der Waals surface area contributed by atoms with Gasteiger partial charge in [0.2, 0.25) is 0 Å². The first-order valence-electron chi connectivity index (χ1n) is 5.10. The van der Waals surface area contributed by atoms with Gasteiger partial charge in [-0.3, -0.25) is 0 Å². The van der Waals surface area contributed by atoms with E-state index in [0.29, 0.717) is 6.07 Å². The quantitative estimate of drug-likeness (QED) is 0.603. The highest BCUT2D eigenvalue weighted by Crippen LogP contribution is 2.32. The maximum atomic E-state index is 13.4. The monoisotopic (exact) mass is 302 g/mol. The van der Waals surface area contributed by atoms with Gasteiger partial charge in [0.15, 0.2) is 5.75 Å². The number of hydrogen-bond acceptors (Lipinski definition) is 2. The Morgan fingerprint density at radius 2 is 1.84 bits per heavy atom. The van der Waals surface area contributed by atoms with Crippen molar-refractivity contribution in [2.75, 3.05) is 0 Å². The van der Waals surface area contributed by atoms with Gasteiger partial charge in [-0.1, -0.05) is 29.3 Å². The summed E-state index contributed by atoms with van der Waals surface area (Å²) in [6.45, 7) is 0. The van der Waals surface area contributed by atoms with Crippen LogP contribution in [0.15, 0.2) is 36.4 Å². The predicted molar refractivity (Wildman–Crippen MR) is 67.8 cm³/mol. The Labute approximate surface area is 117 Å². The van der Waals surface area contributed by atoms with E-state index in [9.17, 15) is 13.6 Å². The summed E-state index contributed by atoms with van der Waals surface area (Å²) in [6, 6.07) is 6.99. The second-order valence-electron chi connectivity index (χ2n) is 3.57. The van der Waals surface area contributed by atoms with E-state index in [4.69, 9.17) is 27.9 Å². The van der Waals surface area contributed by atoms with E-state index in [1.165, 1.54) is 18.2 Å². The Balaban J connectivity index is 2.28. The van der Waals surface area contributed by atoms with Gasteiger partial charge in [0.05, 0.1) is 10.6 Å². The lowest BCUT2D eigenvalue weighted by molar-refractivity contribution is 0.0730. The maximum absolute atomic E-state index is 13.4. The number of ether oxygens (including phenoxy) is 1. The first-order chi connectivity index (χ1) is 8.99. The molecule has 0 fully saturated rings. The van der Waals surface area contributed by atoms with Gasteiger partial charge in [-0.05, 0) is 24.3 Å². The molecule has 19 heavy (non-hydrogen) atoms. The van der Waals surface area contributed by atoms with Gasteiger partial charge >= 0.3 is 5.97 Å². The van der Waals surface area contributed by atoms with E-state index in [-0.39, 0.29) is 15.8 Å². The molecule has 0 amide bonds. The van der Waals surface area contributed by atoms with Crippen LogP contribution in [0.4, 0.5) is 8.78 Å². The number of halogens is 4. The van der Waals surface area contributed by atoms with Crippen LogP contribution in [0.3, 0.4) is 0 Å². The number of carbonyl (C=O) groups excluding carboxylic acids is 1. The molecule has 2 rings (SSSR count). The Bertz CT molecular complexity index is 645. The third kappa shape index (κ3) is 3.03. The number of benzene rings is 2. The fourth-order valence-corrected chi connectivity index (χ4v) is 1.70. The van der Waals surface area contributed by atoms with Crippen molar-refractivity contribution in [1.82, 2.24) is 0 Å². The van der Waals surface area contributed by atoms with Gasteiger partial charge in [-0.15, -0.1) is 0 Å². The molecule has 0 radical (unpaired) electrons. The first kappa shape index (κ1) is 13.8. The van der Waals surface area contributed by atoms with Crippen LogP contribution in [0.25, 0.3) is 0 Å². The smallest absolute Gasteiger partial charge is 0.346 e. The molecule has 0 bridgehead atoms. The minimum absolute atomic E-state index is 0.00268. The van der Waals surface area contributed by atoms with Crippen molar-refractivity contribution in [2.45, 2.75) is 0 Å². The van der Waals surface area contributed by atoms with Crippen LogP contribution in [0.1, 0.15) is 10.4 Å². The van der Waals surface area contributed by atoms with Crippen molar-refractivity contribution in [1.29, 1.82) is 0 Å². The summed E-state index contributed by atoms with van der Waals surface area (Å²) in [6.07, 6.45) is 0. The molecular formula is C13H6Cl2F2O2. The van der Waals surface area contributed by atoms with Crippen LogP contribution in [-0.2, 0) is 0 Å². The Morgan fingerprint density at radius 1 is 1.11 bits per heavy atom. The summed E-state index contributed by atoms with van der Waals surface area (Å²) in [5.74, 6) is -2.78. The highest BCUT2D eigenvalue weighted by molar-refractivity contribution is 6.43. The summed E-state index contributed by atoms with van der Waals surface area (Å²) in [5, 5.41) is 0.242. The minimum Gasteiger partial charge on any atom is -0.421 e. The average molecular weight is 303 g/mol. The van der Waals surface area contributed by atoms with Gasteiger partial charge < -0.3 is 4.74 Å². The Kier molecular flexibility index (Phi) is 4.02. The molecular weight excluding hydrogens is 297 g/mol. The summed E-state index contributed by atoms with van der Waals surface area (Å²) in [7, 11) is 0. The summed E-state index contributed by atoms with van der Waals surface area (Å²) < 4.78 is 31.0. The lowest BCUT2D eigenvalue weighted by atomic mass is 10.2. The highest BCUT2D eigenvalue weighted by Gasteiger charge is 2.16. The van der Waals surface area contributed by atoms with E-state index in [2.05, 4.69) is 0 Å². The van der Waals surface area contributed by atoms with Gasteiger partial charge in [0, 0.05) is 6.07 Å². The molecule has 0 spiro atoms.